The molecule has 0 saturated carbocycles. The predicted octanol–water partition coefficient (Wildman–Crippen LogP) is 3.89. The first-order valence-corrected chi connectivity index (χ1v) is 9.29. The largest absolute Gasteiger partial charge is 0.357 e. The van der Waals surface area contributed by atoms with Crippen LogP contribution < -0.4 is 0 Å². The molecular formula is C18H12F2N2O3S. The third-order valence-electron chi connectivity index (χ3n) is 3.77. The number of rotatable bonds is 4. The van der Waals surface area contributed by atoms with Crippen molar-refractivity contribution in [1.29, 1.82) is 5.26 Å². The number of aromatic nitrogens is 1. The summed E-state index contributed by atoms with van der Waals surface area (Å²) in [6.45, 7) is -0.976. The Kier molecular flexibility index (Phi) is 4.57. The van der Waals surface area contributed by atoms with Crippen LogP contribution in [0.2, 0.25) is 0 Å². The van der Waals surface area contributed by atoms with Crippen molar-refractivity contribution >= 4 is 9.84 Å². The molecule has 0 spiro atoms. The van der Waals surface area contributed by atoms with Gasteiger partial charge in [-0.3, -0.25) is 0 Å². The molecule has 1 aromatic heterocycles. The molecule has 0 bridgehead atoms. The standard InChI is InChI=1S/C18H12F2N2O3S/c1-26(23,24)16-6-5-12(8-14(16)20)17-15(9-19)25-22-18(17)13-4-2-3-11(7-13)10-21/h2-8H,9H2,1H3. The summed E-state index contributed by atoms with van der Waals surface area (Å²) in [6, 6.07) is 11.9. The van der Waals surface area contributed by atoms with Gasteiger partial charge in [0.05, 0.1) is 17.2 Å². The van der Waals surface area contributed by atoms with Gasteiger partial charge in [-0.25, -0.2) is 17.2 Å². The van der Waals surface area contributed by atoms with E-state index in [4.69, 9.17) is 9.78 Å². The Labute approximate surface area is 148 Å². The van der Waals surface area contributed by atoms with E-state index in [1.165, 1.54) is 6.07 Å². The number of hydrogen-bond acceptors (Lipinski definition) is 5. The van der Waals surface area contributed by atoms with Crippen molar-refractivity contribution in [3.63, 3.8) is 0 Å². The van der Waals surface area contributed by atoms with Crippen LogP contribution in [0.5, 0.6) is 0 Å². The summed E-state index contributed by atoms with van der Waals surface area (Å²) in [6.07, 6.45) is 0.899. The van der Waals surface area contributed by atoms with Crippen molar-refractivity contribution in [1.82, 2.24) is 5.16 Å². The van der Waals surface area contributed by atoms with Crippen molar-refractivity contribution in [3.8, 4) is 28.5 Å². The monoisotopic (exact) mass is 374 g/mol. The summed E-state index contributed by atoms with van der Waals surface area (Å²) in [7, 11) is -3.73. The van der Waals surface area contributed by atoms with Crippen LogP contribution in [0.3, 0.4) is 0 Å². The van der Waals surface area contributed by atoms with Crippen LogP contribution in [0.15, 0.2) is 51.9 Å². The molecular weight excluding hydrogens is 362 g/mol. The molecule has 0 amide bonds. The molecule has 0 atom stereocenters. The van der Waals surface area contributed by atoms with E-state index in [2.05, 4.69) is 5.16 Å². The number of nitriles is 1. The Morgan fingerprint density at radius 1 is 1.19 bits per heavy atom. The fourth-order valence-corrected chi connectivity index (χ4v) is 3.33. The first kappa shape index (κ1) is 17.8. The molecule has 0 aliphatic carbocycles. The normalized spacial score (nSPS) is 11.3. The van der Waals surface area contributed by atoms with E-state index in [-0.39, 0.29) is 22.6 Å². The Hall–Kier alpha value is -3.05. The molecule has 0 saturated heterocycles. The lowest BCUT2D eigenvalue weighted by molar-refractivity contribution is 0.332. The van der Waals surface area contributed by atoms with Crippen molar-refractivity contribution in [2.45, 2.75) is 11.6 Å². The molecule has 26 heavy (non-hydrogen) atoms. The number of nitrogens with zero attached hydrogens (tertiary/aromatic N) is 2. The second-order valence-electron chi connectivity index (χ2n) is 5.57. The average Bonchev–Trinajstić information content (AvgIpc) is 3.04. The van der Waals surface area contributed by atoms with Crippen molar-refractivity contribution in [3.05, 3.63) is 59.6 Å². The lowest BCUT2D eigenvalue weighted by Crippen LogP contribution is -2.01. The fraction of sp³-hybridized carbons (Fsp3) is 0.111. The molecule has 0 fully saturated rings. The minimum atomic E-state index is -3.73. The Morgan fingerprint density at radius 2 is 1.96 bits per heavy atom. The number of sulfone groups is 1. The maximum absolute atomic E-state index is 14.3. The molecule has 3 aromatic rings. The number of hydrogen-bond donors (Lipinski definition) is 0. The van der Waals surface area contributed by atoms with Gasteiger partial charge in [0.25, 0.3) is 0 Å². The highest BCUT2D eigenvalue weighted by molar-refractivity contribution is 7.90. The maximum atomic E-state index is 14.3. The first-order chi connectivity index (χ1) is 12.3. The van der Waals surface area contributed by atoms with Crippen LogP contribution in [-0.4, -0.2) is 19.8 Å². The lowest BCUT2D eigenvalue weighted by Gasteiger charge is -2.07. The van der Waals surface area contributed by atoms with Crippen molar-refractivity contribution < 1.29 is 21.7 Å². The van der Waals surface area contributed by atoms with Crippen LogP contribution in [0, 0.1) is 17.1 Å². The zero-order valence-corrected chi connectivity index (χ0v) is 14.3. The van der Waals surface area contributed by atoms with E-state index >= 15 is 0 Å². The molecule has 3 rings (SSSR count). The van der Waals surface area contributed by atoms with Crippen LogP contribution in [-0.2, 0) is 16.5 Å². The molecule has 0 radical (unpaired) electrons. The fourth-order valence-electron chi connectivity index (χ4n) is 2.60. The van der Waals surface area contributed by atoms with Gasteiger partial charge < -0.3 is 4.52 Å². The van der Waals surface area contributed by atoms with Gasteiger partial charge in [-0.2, -0.15) is 5.26 Å². The van der Waals surface area contributed by atoms with Crippen LogP contribution in [0.4, 0.5) is 8.78 Å². The third-order valence-corrected chi connectivity index (χ3v) is 4.90. The van der Waals surface area contributed by atoms with Gasteiger partial charge in [0.15, 0.2) is 22.3 Å². The van der Waals surface area contributed by atoms with E-state index in [1.807, 2.05) is 6.07 Å². The minimum Gasteiger partial charge on any atom is -0.357 e. The highest BCUT2D eigenvalue weighted by Gasteiger charge is 2.22. The molecule has 132 valence electrons. The van der Waals surface area contributed by atoms with Crippen LogP contribution >= 0.6 is 0 Å². The van der Waals surface area contributed by atoms with E-state index in [0.717, 1.165) is 18.4 Å². The quantitative estimate of drug-likeness (QED) is 0.692. The highest BCUT2D eigenvalue weighted by Crippen LogP contribution is 2.36. The number of alkyl halides is 1. The van der Waals surface area contributed by atoms with Gasteiger partial charge >= 0.3 is 0 Å². The Balaban J connectivity index is 2.21. The second kappa shape index (κ2) is 6.69. The molecule has 8 heteroatoms. The highest BCUT2D eigenvalue weighted by atomic mass is 32.2. The Morgan fingerprint density at radius 3 is 2.58 bits per heavy atom. The summed E-state index contributed by atoms with van der Waals surface area (Å²) in [5.41, 5.74) is 1.54. The zero-order chi connectivity index (χ0) is 18.9. The molecule has 0 aliphatic heterocycles. The van der Waals surface area contributed by atoms with E-state index < -0.39 is 27.2 Å². The molecule has 1 heterocycles. The molecule has 0 N–H and O–H groups in total. The van der Waals surface area contributed by atoms with Gasteiger partial charge in [-0.15, -0.1) is 0 Å². The topological polar surface area (TPSA) is 84.0 Å². The third kappa shape index (κ3) is 3.21. The molecule has 0 aliphatic rings. The summed E-state index contributed by atoms with van der Waals surface area (Å²) < 4.78 is 55.8. The summed E-state index contributed by atoms with van der Waals surface area (Å²) in [5, 5.41) is 12.9. The van der Waals surface area contributed by atoms with Crippen molar-refractivity contribution in [2.75, 3.05) is 6.26 Å². The smallest absolute Gasteiger partial charge is 0.178 e. The van der Waals surface area contributed by atoms with Crippen molar-refractivity contribution in [2.24, 2.45) is 0 Å². The van der Waals surface area contributed by atoms with Gasteiger partial charge in [-0.05, 0) is 29.8 Å². The average molecular weight is 374 g/mol. The SMILES string of the molecule is CS(=O)(=O)c1ccc(-c2c(-c3cccc(C#N)c3)noc2CF)cc1F. The van der Waals surface area contributed by atoms with E-state index in [9.17, 15) is 17.2 Å². The number of benzene rings is 2. The van der Waals surface area contributed by atoms with Crippen LogP contribution in [0.25, 0.3) is 22.4 Å². The summed E-state index contributed by atoms with van der Waals surface area (Å²) in [5.74, 6) is -1.07. The molecule has 2 aromatic carbocycles. The van der Waals surface area contributed by atoms with Crippen LogP contribution in [0.1, 0.15) is 11.3 Å². The van der Waals surface area contributed by atoms with Gasteiger partial charge in [0, 0.05) is 11.8 Å². The lowest BCUT2D eigenvalue weighted by atomic mass is 9.98. The molecule has 5 nitrogen and oxygen atoms in total. The Bertz CT molecular complexity index is 1130. The number of halogens is 2. The second-order valence-corrected chi connectivity index (χ2v) is 7.56. The first-order valence-electron chi connectivity index (χ1n) is 7.40. The minimum absolute atomic E-state index is 0.117. The van der Waals surface area contributed by atoms with Gasteiger partial charge in [0.2, 0.25) is 0 Å². The van der Waals surface area contributed by atoms with E-state index in [1.54, 1.807) is 24.3 Å². The maximum Gasteiger partial charge on any atom is 0.178 e. The predicted molar refractivity (Wildman–Crippen MR) is 90.0 cm³/mol. The molecule has 0 unspecified atom stereocenters. The van der Waals surface area contributed by atoms with Gasteiger partial charge in [-0.1, -0.05) is 23.4 Å². The summed E-state index contributed by atoms with van der Waals surface area (Å²) in [4.78, 5) is -0.451. The van der Waals surface area contributed by atoms with Gasteiger partial charge in [0.1, 0.15) is 16.4 Å². The summed E-state index contributed by atoms with van der Waals surface area (Å²) >= 11 is 0. The van der Waals surface area contributed by atoms with E-state index in [0.29, 0.717) is 11.1 Å². The zero-order valence-electron chi connectivity index (χ0n) is 13.5.